The van der Waals surface area contributed by atoms with Gasteiger partial charge in [-0.05, 0) is 47.0 Å². The molecule has 1 amide bonds. The van der Waals surface area contributed by atoms with Crippen LogP contribution in [0.15, 0.2) is 72.1 Å². The van der Waals surface area contributed by atoms with Crippen LogP contribution in [0.25, 0.3) is 34.2 Å². The van der Waals surface area contributed by atoms with E-state index >= 15 is 0 Å². The fourth-order valence-electron chi connectivity index (χ4n) is 3.76. The van der Waals surface area contributed by atoms with E-state index < -0.39 is 18.5 Å². The number of fused-ring (bicyclic) bond motifs is 1. The standard InChI is InChI=1S/C24H19F2N7OS/c1-15(21-28-18-11-5-6-12-19(18)32(21)24(25)26)27-23(34)20(14-17-10-7-13-35-17)33-22(29-30-31-33)16-8-3-2-4-9-16/h2-15,24H,1H3,(H,27,34)/b20-14-. The van der Waals surface area contributed by atoms with E-state index in [1.165, 1.54) is 16.0 Å². The van der Waals surface area contributed by atoms with Crippen molar-refractivity contribution in [1.29, 1.82) is 0 Å². The summed E-state index contributed by atoms with van der Waals surface area (Å²) in [6, 6.07) is 18.7. The number of alkyl halides is 2. The van der Waals surface area contributed by atoms with Gasteiger partial charge in [-0.3, -0.25) is 9.36 Å². The minimum absolute atomic E-state index is 0.0463. The van der Waals surface area contributed by atoms with E-state index in [2.05, 4.69) is 25.8 Å². The molecule has 2 aromatic carbocycles. The molecule has 0 aliphatic heterocycles. The Morgan fingerprint density at radius 3 is 2.57 bits per heavy atom. The average molecular weight is 492 g/mol. The predicted octanol–water partition coefficient (Wildman–Crippen LogP) is 5.02. The average Bonchev–Trinajstić information content (AvgIpc) is 3.62. The van der Waals surface area contributed by atoms with Crippen molar-refractivity contribution in [3.8, 4) is 11.4 Å². The molecule has 0 aliphatic rings. The third kappa shape index (κ3) is 4.45. The summed E-state index contributed by atoms with van der Waals surface area (Å²) in [5, 5.41) is 16.6. The van der Waals surface area contributed by atoms with Gasteiger partial charge in [0, 0.05) is 10.4 Å². The van der Waals surface area contributed by atoms with Crippen molar-refractivity contribution in [1.82, 2.24) is 35.1 Å². The summed E-state index contributed by atoms with van der Waals surface area (Å²) in [4.78, 5) is 18.7. The van der Waals surface area contributed by atoms with Crippen molar-refractivity contribution in [2.75, 3.05) is 0 Å². The number of rotatable bonds is 7. The zero-order chi connectivity index (χ0) is 24.4. The van der Waals surface area contributed by atoms with Gasteiger partial charge < -0.3 is 5.32 Å². The molecule has 3 aromatic heterocycles. The topological polar surface area (TPSA) is 90.5 Å². The molecule has 3 heterocycles. The summed E-state index contributed by atoms with van der Waals surface area (Å²) >= 11 is 1.44. The number of amides is 1. The van der Waals surface area contributed by atoms with E-state index in [1.54, 1.807) is 37.3 Å². The number of halogens is 2. The van der Waals surface area contributed by atoms with Gasteiger partial charge in [-0.25, -0.2) is 4.98 Å². The molecular weight excluding hydrogens is 472 g/mol. The lowest BCUT2D eigenvalue weighted by molar-refractivity contribution is -0.116. The molecule has 0 saturated carbocycles. The van der Waals surface area contributed by atoms with Gasteiger partial charge in [-0.15, -0.1) is 16.4 Å². The van der Waals surface area contributed by atoms with Crippen LogP contribution in [0.5, 0.6) is 0 Å². The second kappa shape index (κ2) is 9.55. The first-order valence-electron chi connectivity index (χ1n) is 10.7. The largest absolute Gasteiger partial charge is 0.341 e. The van der Waals surface area contributed by atoms with Crippen molar-refractivity contribution in [2.24, 2.45) is 0 Å². The number of thiophene rings is 1. The molecule has 0 spiro atoms. The third-order valence-corrected chi connectivity index (χ3v) is 6.16. The molecule has 5 aromatic rings. The molecule has 0 aliphatic carbocycles. The number of carbonyl (C=O) groups excluding carboxylic acids is 1. The molecule has 8 nitrogen and oxygen atoms in total. The van der Waals surface area contributed by atoms with Crippen molar-refractivity contribution in [3.05, 3.63) is 82.8 Å². The number of carbonyl (C=O) groups is 1. The lowest BCUT2D eigenvalue weighted by Gasteiger charge is -2.17. The van der Waals surface area contributed by atoms with E-state index in [-0.39, 0.29) is 11.5 Å². The maximum absolute atomic E-state index is 13.9. The number of aromatic nitrogens is 6. The number of para-hydroxylation sites is 2. The normalized spacial score (nSPS) is 12.9. The number of tetrazole rings is 1. The molecule has 0 saturated heterocycles. The molecule has 11 heteroatoms. The number of nitrogens with zero attached hydrogens (tertiary/aromatic N) is 6. The summed E-state index contributed by atoms with van der Waals surface area (Å²) in [5.41, 5.74) is 1.57. The monoisotopic (exact) mass is 491 g/mol. The highest BCUT2D eigenvalue weighted by atomic mass is 32.1. The van der Waals surface area contributed by atoms with Gasteiger partial charge in [0.2, 0.25) is 0 Å². The Morgan fingerprint density at radius 2 is 1.83 bits per heavy atom. The highest BCUT2D eigenvalue weighted by molar-refractivity contribution is 7.10. The number of benzene rings is 2. The van der Waals surface area contributed by atoms with Crippen LogP contribution in [-0.2, 0) is 4.79 Å². The van der Waals surface area contributed by atoms with E-state index in [9.17, 15) is 13.6 Å². The van der Waals surface area contributed by atoms with Gasteiger partial charge in [0.1, 0.15) is 11.5 Å². The molecule has 1 N–H and O–H groups in total. The molecule has 1 unspecified atom stereocenters. The van der Waals surface area contributed by atoms with E-state index in [0.29, 0.717) is 16.9 Å². The van der Waals surface area contributed by atoms with E-state index in [4.69, 9.17) is 0 Å². The van der Waals surface area contributed by atoms with Crippen molar-refractivity contribution in [3.63, 3.8) is 0 Å². The lowest BCUT2D eigenvalue weighted by Crippen LogP contribution is -2.31. The minimum atomic E-state index is -2.82. The quantitative estimate of drug-likeness (QED) is 0.323. The van der Waals surface area contributed by atoms with Crippen LogP contribution < -0.4 is 5.32 Å². The molecule has 0 radical (unpaired) electrons. The summed E-state index contributed by atoms with van der Waals surface area (Å²) in [6.45, 7) is -1.21. The summed E-state index contributed by atoms with van der Waals surface area (Å²) in [7, 11) is 0. The number of imidazole rings is 1. The maximum atomic E-state index is 13.9. The second-order valence-electron chi connectivity index (χ2n) is 7.63. The van der Waals surface area contributed by atoms with Crippen molar-refractivity contribution < 1.29 is 13.6 Å². The summed E-state index contributed by atoms with van der Waals surface area (Å²) < 4.78 is 30.0. The number of hydrogen-bond donors (Lipinski definition) is 1. The van der Waals surface area contributed by atoms with E-state index in [0.717, 1.165) is 15.0 Å². The van der Waals surface area contributed by atoms with Gasteiger partial charge in [-0.2, -0.15) is 13.5 Å². The van der Waals surface area contributed by atoms with Crippen LogP contribution in [0.4, 0.5) is 8.78 Å². The molecule has 5 rings (SSSR count). The molecule has 1 atom stereocenters. The minimum Gasteiger partial charge on any atom is -0.341 e. The number of nitrogens with one attached hydrogen (secondary N) is 1. The van der Waals surface area contributed by atoms with Crippen LogP contribution >= 0.6 is 11.3 Å². The number of hydrogen-bond acceptors (Lipinski definition) is 6. The highest BCUT2D eigenvalue weighted by Crippen LogP contribution is 2.28. The fourth-order valence-corrected chi connectivity index (χ4v) is 4.41. The Hall–Kier alpha value is -4.25. The Labute approximate surface area is 202 Å². The van der Waals surface area contributed by atoms with E-state index in [1.807, 2.05) is 47.8 Å². The summed E-state index contributed by atoms with van der Waals surface area (Å²) in [5.74, 6) is -0.121. The van der Waals surface area contributed by atoms with Crippen molar-refractivity contribution in [2.45, 2.75) is 19.5 Å². The van der Waals surface area contributed by atoms with Gasteiger partial charge in [0.25, 0.3) is 5.91 Å². The first-order chi connectivity index (χ1) is 17.0. The van der Waals surface area contributed by atoms with Gasteiger partial charge >= 0.3 is 6.55 Å². The first kappa shape index (κ1) is 22.5. The maximum Gasteiger partial charge on any atom is 0.320 e. The summed E-state index contributed by atoms with van der Waals surface area (Å²) in [6.07, 6.45) is 1.66. The van der Waals surface area contributed by atoms with Crippen LogP contribution in [0.1, 0.15) is 30.2 Å². The second-order valence-corrected chi connectivity index (χ2v) is 8.61. The molecule has 0 fully saturated rings. The van der Waals surface area contributed by atoms with Crippen molar-refractivity contribution >= 4 is 40.1 Å². The SMILES string of the molecule is CC(NC(=O)/C(=C/c1cccs1)n1nnnc1-c1ccccc1)c1nc2ccccc2n1C(F)F. The van der Waals surface area contributed by atoms with Gasteiger partial charge in [0.15, 0.2) is 5.82 Å². The predicted molar refractivity (Wildman–Crippen MR) is 129 cm³/mol. The Balaban J connectivity index is 1.53. The zero-order valence-corrected chi connectivity index (χ0v) is 19.2. The first-order valence-corrected chi connectivity index (χ1v) is 11.6. The fraction of sp³-hybridized carbons (Fsp3) is 0.125. The van der Waals surface area contributed by atoms with Crippen LogP contribution in [0.3, 0.4) is 0 Å². The van der Waals surface area contributed by atoms with Gasteiger partial charge in [0.05, 0.1) is 17.1 Å². The smallest absolute Gasteiger partial charge is 0.320 e. The Kier molecular flexibility index (Phi) is 6.15. The highest BCUT2D eigenvalue weighted by Gasteiger charge is 2.26. The Bertz CT molecular complexity index is 1490. The molecule has 176 valence electrons. The molecule has 35 heavy (non-hydrogen) atoms. The van der Waals surface area contributed by atoms with Crippen LogP contribution in [0, 0.1) is 0 Å². The zero-order valence-electron chi connectivity index (χ0n) is 18.4. The molecule has 0 bridgehead atoms. The van der Waals surface area contributed by atoms with Gasteiger partial charge in [-0.1, -0.05) is 48.5 Å². The lowest BCUT2D eigenvalue weighted by atomic mass is 10.2. The van der Waals surface area contributed by atoms with Crippen LogP contribution in [0.2, 0.25) is 0 Å². The third-order valence-electron chi connectivity index (χ3n) is 5.34. The van der Waals surface area contributed by atoms with Crippen LogP contribution in [-0.4, -0.2) is 35.7 Å². The molecular formula is C24H19F2N7OS. The Morgan fingerprint density at radius 1 is 1.06 bits per heavy atom.